The van der Waals surface area contributed by atoms with Crippen LogP contribution in [0.3, 0.4) is 0 Å². The molecule has 2 fully saturated rings. The van der Waals surface area contributed by atoms with Crippen molar-refractivity contribution in [3.05, 3.63) is 0 Å². The maximum Gasteiger partial charge on any atom is 0.393 e. The van der Waals surface area contributed by atoms with E-state index >= 15 is 0 Å². The molecule has 0 aromatic heterocycles. The summed E-state index contributed by atoms with van der Waals surface area (Å²) < 4.78 is 38.4. The standard InChI is InChI=1S/C14H23F3N2O/c1-9-4-5-12(18)11(7-9)13(20)19-6-2-3-10(8-19)14(15,16)17/h9-12H,2-8,18H2,1H3. The molecule has 1 saturated heterocycles. The van der Waals surface area contributed by atoms with Crippen molar-refractivity contribution in [3.8, 4) is 0 Å². The van der Waals surface area contributed by atoms with Gasteiger partial charge in [0.05, 0.1) is 11.8 Å². The fourth-order valence-electron chi connectivity index (χ4n) is 3.37. The summed E-state index contributed by atoms with van der Waals surface area (Å²) in [6.07, 6.45) is -1.17. The second kappa shape index (κ2) is 5.92. The average molecular weight is 292 g/mol. The van der Waals surface area contributed by atoms with Crippen LogP contribution < -0.4 is 5.73 Å². The molecule has 20 heavy (non-hydrogen) atoms. The van der Waals surface area contributed by atoms with Gasteiger partial charge < -0.3 is 10.6 Å². The van der Waals surface area contributed by atoms with E-state index in [1.165, 1.54) is 4.90 Å². The van der Waals surface area contributed by atoms with Crippen LogP contribution in [0, 0.1) is 17.8 Å². The van der Waals surface area contributed by atoms with E-state index in [9.17, 15) is 18.0 Å². The number of hydrogen-bond acceptors (Lipinski definition) is 2. The lowest BCUT2D eigenvalue weighted by atomic mass is 9.78. The van der Waals surface area contributed by atoms with Gasteiger partial charge in [-0.1, -0.05) is 6.92 Å². The first-order valence-electron chi connectivity index (χ1n) is 7.40. The number of amides is 1. The molecule has 2 N–H and O–H groups in total. The number of hydrogen-bond donors (Lipinski definition) is 1. The summed E-state index contributed by atoms with van der Waals surface area (Å²) in [5.41, 5.74) is 6.00. The van der Waals surface area contributed by atoms with Crippen molar-refractivity contribution in [2.45, 2.75) is 51.2 Å². The smallest absolute Gasteiger partial charge is 0.342 e. The SMILES string of the molecule is CC1CCC(N)C(C(=O)N2CCCC(C(F)(F)F)C2)C1. The summed E-state index contributed by atoms with van der Waals surface area (Å²) in [5, 5.41) is 0. The van der Waals surface area contributed by atoms with Crippen molar-refractivity contribution >= 4 is 5.91 Å². The number of carbonyl (C=O) groups is 1. The lowest BCUT2D eigenvalue weighted by Crippen LogP contribution is -2.51. The summed E-state index contributed by atoms with van der Waals surface area (Å²) >= 11 is 0. The highest BCUT2D eigenvalue weighted by atomic mass is 19.4. The molecule has 116 valence electrons. The average Bonchev–Trinajstić information content (AvgIpc) is 2.40. The van der Waals surface area contributed by atoms with Gasteiger partial charge in [-0.15, -0.1) is 0 Å². The van der Waals surface area contributed by atoms with E-state index in [4.69, 9.17) is 5.73 Å². The first-order valence-corrected chi connectivity index (χ1v) is 7.40. The first kappa shape index (κ1) is 15.6. The van der Waals surface area contributed by atoms with Crippen LogP contribution in [0.2, 0.25) is 0 Å². The third kappa shape index (κ3) is 3.45. The minimum absolute atomic E-state index is 0.125. The Hall–Kier alpha value is -0.780. The molecule has 0 spiro atoms. The number of alkyl halides is 3. The molecule has 2 aliphatic rings. The second-order valence-corrected chi connectivity index (χ2v) is 6.35. The third-order valence-corrected chi connectivity index (χ3v) is 4.68. The second-order valence-electron chi connectivity index (χ2n) is 6.35. The number of carbonyl (C=O) groups excluding carboxylic acids is 1. The maximum atomic E-state index is 12.8. The molecule has 4 unspecified atom stereocenters. The van der Waals surface area contributed by atoms with Crippen LogP contribution in [0.25, 0.3) is 0 Å². The van der Waals surface area contributed by atoms with Gasteiger partial charge in [-0.05, 0) is 38.0 Å². The van der Waals surface area contributed by atoms with Gasteiger partial charge in [-0.2, -0.15) is 13.2 Å². The number of piperidine rings is 1. The van der Waals surface area contributed by atoms with Crippen LogP contribution >= 0.6 is 0 Å². The summed E-state index contributed by atoms with van der Waals surface area (Å²) in [6.45, 7) is 2.31. The fourth-order valence-corrected chi connectivity index (χ4v) is 3.37. The number of nitrogens with zero attached hydrogens (tertiary/aromatic N) is 1. The van der Waals surface area contributed by atoms with E-state index in [2.05, 4.69) is 6.92 Å². The van der Waals surface area contributed by atoms with Crippen LogP contribution in [0.15, 0.2) is 0 Å². The zero-order valence-electron chi connectivity index (χ0n) is 11.8. The van der Waals surface area contributed by atoms with E-state index in [1.807, 2.05) is 0 Å². The van der Waals surface area contributed by atoms with Crippen molar-refractivity contribution in [2.24, 2.45) is 23.5 Å². The Morgan fingerprint density at radius 1 is 1.25 bits per heavy atom. The van der Waals surface area contributed by atoms with Gasteiger partial charge in [-0.25, -0.2) is 0 Å². The summed E-state index contributed by atoms with van der Waals surface area (Å²) in [4.78, 5) is 13.9. The van der Waals surface area contributed by atoms with E-state index in [1.54, 1.807) is 0 Å². The fraction of sp³-hybridized carbons (Fsp3) is 0.929. The molecule has 1 heterocycles. The monoisotopic (exact) mass is 292 g/mol. The Bertz CT molecular complexity index is 359. The van der Waals surface area contributed by atoms with E-state index in [-0.39, 0.29) is 30.8 Å². The Balaban J connectivity index is 2.01. The van der Waals surface area contributed by atoms with E-state index < -0.39 is 12.1 Å². The van der Waals surface area contributed by atoms with Gasteiger partial charge >= 0.3 is 6.18 Å². The number of rotatable bonds is 1. The largest absolute Gasteiger partial charge is 0.393 e. The molecule has 1 saturated carbocycles. The Morgan fingerprint density at radius 3 is 2.60 bits per heavy atom. The van der Waals surface area contributed by atoms with Gasteiger partial charge in [0.2, 0.25) is 5.91 Å². The molecular weight excluding hydrogens is 269 g/mol. The topological polar surface area (TPSA) is 46.3 Å². The molecule has 0 bridgehead atoms. The van der Waals surface area contributed by atoms with Gasteiger partial charge in [0, 0.05) is 19.1 Å². The molecule has 0 aromatic rings. The molecule has 1 aliphatic carbocycles. The van der Waals surface area contributed by atoms with Gasteiger partial charge in [0.25, 0.3) is 0 Å². The van der Waals surface area contributed by atoms with Crippen molar-refractivity contribution < 1.29 is 18.0 Å². The highest BCUT2D eigenvalue weighted by molar-refractivity contribution is 5.79. The molecule has 3 nitrogen and oxygen atoms in total. The molecular formula is C14H23F3N2O. The summed E-state index contributed by atoms with van der Waals surface area (Å²) in [6, 6.07) is -0.204. The van der Waals surface area contributed by atoms with Crippen molar-refractivity contribution in [3.63, 3.8) is 0 Å². The summed E-state index contributed by atoms with van der Waals surface area (Å²) in [7, 11) is 0. The first-order chi connectivity index (χ1) is 9.29. The minimum Gasteiger partial charge on any atom is -0.342 e. The number of halogens is 3. The zero-order valence-corrected chi connectivity index (χ0v) is 11.8. The highest BCUT2D eigenvalue weighted by Gasteiger charge is 2.44. The zero-order chi connectivity index (χ0) is 14.9. The lowest BCUT2D eigenvalue weighted by molar-refractivity contribution is -0.189. The van der Waals surface area contributed by atoms with Crippen molar-refractivity contribution in [2.75, 3.05) is 13.1 Å². The minimum atomic E-state index is -4.21. The molecule has 0 radical (unpaired) electrons. The van der Waals surface area contributed by atoms with Gasteiger partial charge in [0.15, 0.2) is 0 Å². The van der Waals surface area contributed by atoms with Crippen LogP contribution in [-0.4, -0.2) is 36.1 Å². The van der Waals surface area contributed by atoms with Crippen LogP contribution in [0.1, 0.15) is 39.0 Å². The van der Waals surface area contributed by atoms with Crippen LogP contribution in [-0.2, 0) is 4.79 Å². The molecule has 4 atom stereocenters. The van der Waals surface area contributed by atoms with E-state index in [0.717, 1.165) is 12.8 Å². The molecule has 1 aliphatic heterocycles. The quantitative estimate of drug-likeness (QED) is 0.807. The normalized spacial score (nSPS) is 36.0. The van der Waals surface area contributed by atoms with Gasteiger partial charge in [0.1, 0.15) is 0 Å². The van der Waals surface area contributed by atoms with Crippen LogP contribution in [0.5, 0.6) is 0 Å². The maximum absolute atomic E-state index is 12.8. The predicted molar refractivity (Wildman–Crippen MR) is 69.8 cm³/mol. The molecule has 1 amide bonds. The molecule has 2 rings (SSSR count). The molecule has 6 heteroatoms. The Kier molecular flexibility index (Phi) is 4.62. The lowest BCUT2D eigenvalue weighted by Gasteiger charge is -2.39. The van der Waals surface area contributed by atoms with Crippen molar-refractivity contribution in [1.29, 1.82) is 0 Å². The third-order valence-electron chi connectivity index (χ3n) is 4.68. The number of likely N-dealkylation sites (tertiary alicyclic amines) is 1. The Labute approximate surface area is 117 Å². The van der Waals surface area contributed by atoms with E-state index in [0.29, 0.717) is 25.3 Å². The Morgan fingerprint density at radius 2 is 1.95 bits per heavy atom. The number of nitrogens with two attached hydrogens (primary N) is 1. The van der Waals surface area contributed by atoms with Crippen LogP contribution in [0.4, 0.5) is 13.2 Å². The summed E-state index contributed by atoms with van der Waals surface area (Å²) in [5.74, 6) is -1.42. The predicted octanol–water partition coefficient (Wildman–Crippen LogP) is 2.55. The molecule has 0 aromatic carbocycles. The highest BCUT2D eigenvalue weighted by Crippen LogP contribution is 2.35. The van der Waals surface area contributed by atoms with Gasteiger partial charge in [-0.3, -0.25) is 4.79 Å². The van der Waals surface area contributed by atoms with Crippen molar-refractivity contribution in [1.82, 2.24) is 4.90 Å².